The van der Waals surface area contributed by atoms with Crippen molar-refractivity contribution < 1.29 is 24.2 Å². The van der Waals surface area contributed by atoms with Crippen LogP contribution in [0.5, 0.6) is 11.5 Å². The molecule has 0 spiro atoms. The summed E-state index contributed by atoms with van der Waals surface area (Å²) in [5.74, 6) is -0.156. The predicted molar refractivity (Wildman–Crippen MR) is 118 cm³/mol. The number of carbonyl (C=O) groups excluding carboxylic acids is 1. The molecule has 0 unspecified atom stereocenters. The molecule has 3 aromatic rings. The Morgan fingerprint density at radius 2 is 1.90 bits per heavy atom. The number of hydrogen-bond acceptors (Lipinski definition) is 6. The Morgan fingerprint density at radius 3 is 2.52 bits per heavy atom. The fourth-order valence-corrected chi connectivity index (χ4v) is 4.07. The van der Waals surface area contributed by atoms with E-state index in [1.54, 1.807) is 13.8 Å². The minimum atomic E-state index is -1.18. The molecule has 2 aromatic carbocycles. The Labute approximate surface area is 180 Å². The molecule has 1 aromatic heterocycles. The number of phenolic OH excluding ortho intramolecular Hbond substituents is 1. The van der Waals surface area contributed by atoms with Crippen LogP contribution in [0.3, 0.4) is 0 Å². The topological polar surface area (TPSA) is 97.0 Å². The van der Waals surface area contributed by atoms with E-state index in [0.29, 0.717) is 22.3 Å². The van der Waals surface area contributed by atoms with Crippen molar-refractivity contribution in [2.75, 3.05) is 0 Å². The van der Waals surface area contributed by atoms with Gasteiger partial charge in [-0.3, -0.25) is 4.79 Å². The van der Waals surface area contributed by atoms with Crippen LogP contribution in [0.15, 0.2) is 45.6 Å². The number of rotatable bonds is 5. The van der Waals surface area contributed by atoms with Crippen LogP contribution in [0.2, 0.25) is 0 Å². The molecule has 2 heterocycles. The molecule has 0 fully saturated rings. The number of aliphatic hydroxyl groups is 1. The van der Waals surface area contributed by atoms with Gasteiger partial charge in [0.15, 0.2) is 11.4 Å². The summed E-state index contributed by atoms with van der Waals surface area (Å²) in [6.07, 6.45) is -0.200. The Balaban J connectivity index is 2.10. The van der Waals surface area contributed by atoms with E-state index >= 15 is 0 Å². The molecule has 162 valence electrons. The molecule has 0 aliphatic carbocycles. The van der Waals surface area contributed by atoms with Crippen LogP contribution in [0, 0.1) is 5.92 Å². The van der Waals surface area contributed by atoms with E-state index in [9.17, 15) is 19.8 Å². The summed E-state index contributed by atoms with van der Waals surface area (Å²) in [6, 6.07) is 10.6. The number of aromatic hydroxyl groups is 1. The molecule has 1 aliphatic heterocycles. The first-order valence-corrected chi connectivity index (χ1v) is 10.4. The lowest BCUT2D eigenvalue weighted by Gasteiger charge is -2.24. The maximum Gasteiger partial charge on any atom is 0.336 e. The lowest BCUT2D eigenvalue weighted by molar-refractivity contribution is -0.0225. The first kappa shape index (κ1) is 21.1. The normalized spacial score (nSPS) is 15.9. The standard InChI is InChI=1S/C25H26O6/c1-13(2)10-17(26)21-22(28)16-11-18(25(3,4)29)30-23(16)20-15(12-19(27)31-24(20)21)14-8-6-5-7-9-14/h5-9,12-13,18,28-29H,10-11H2,1-4H3/t18-/m0/s1. The number of fused-ring (bicyclic) bond motifs is 3. The van der Waals surface area contributed by atoms with E-state index in [1.165, 1.54) is 6.07 Å². The second-order valence-electron chi connectivity index (χ2n) is 9.07. The van der Waals surface area contributed by atoms with Crippen LogP contribution >= 0.6 is 0 Å². The molecule has 6 heteroatoms. The maximum absolute atomic E-state index is 13.1. The van der Waals surface area contributed by atoms with Gasteiger partial charge in [-0.15, -0.1) is 0 Å². The Hall–Kier alpha value is -3.12. The van der Waals surface area contributed by atoms with Gasteiger partial charge in [-0.1, -0.05) is 44.2 Å². The van der Waals surface area contributed by atoms with Crippen LogP contribution in [0.1, 0.15) is 50.0 Å². The maximum atomic E-state index is 13.1. The van der Waals surface area contributed by atoms with Gasteiger partial charge in [-0.05, 0) is 25.3 Å². The summed E-state index contributed by atoms with van der Waals surface area (Å²) < 4.78 is 11.6. The molecule has 4 rings (SSSR count). The molecular weight excluding hydrogens is 396 g/mol. The summed E-state index contributed by atoms with van der Waals surface area (Å²) in [4.78, 5) is 25.6. The molecule has 0 saturated carbocycles. The highest BCUT2D eigenvalue weighted by Gasteiger charge is 2.40. The second kappa shape index (κ2) is 7.54. The number of carbonyl (C=O) groups is 1. The molecule has 0 radical (unpaired) electrons. The number of phenols is 1. The van der Waals surface area contributed by atoms with Crippen molar-refractivity contribution in [2.24, 2.45) is 5.92 Å². The largest absolute Gasteiger partial charge is 0.507 e. The van der Waals surface area contributed by atoms with Crippen LogP contribution < -0.4 is 10.4 Å². The second-order valence-corrected chi connectivity index (χ2v) is 9.07. The Morgan fingerprint density at radius 1 is 1.23 bits per heavy atom. The summed E-state index contributed by atoms with van der Waals surface area (Å²) in [6.45, 7) is 7.07. The molecular formula is C25H26O6. The number of ether oxygens (including phenoxy) is 1. The molecule has 0 bridgehead atoms. The summed E-state index contributed by atoms with van der Waals surface area (Å²) in [5.41, 5.74) is -0.0346. The van der Waals surface area contributed by atoms with E-state index < -0.39 is 17.3 Å². The van der Waals surface area contributed by atoms with Crippen LogP contribution in [-0.2, 0) is 6.42 Å². The van der Waals surface area contributed by atoms with Gasteiger partial charge in [0.2, 0.25) is 0 Å². The van der Waals surface area contributed by atoms with Gasteiger partial charge in [-0.25, -0.2) is 4.79 Å². The molecule has 6 nitrogen and oxygen atoms in total. The van der Waals surface area contributed by atoms with Gasteiger partial charge in [0.05, 0.1) is 11.0 Å². The highest BCUT2D eigenvalue weighted by atomic mass is 16.5. The number of Topliss-reactive ketones (excluding diaryl/α,β-unsaturated/α-hetero) is 1. The van der Waals surface area contributed by atoms with E-state index in [-0.39, 0.29) is 41.4 Å². The quantitative estimate of drug-likeness (QED) is 0.465. The molecule has 1 atom stereocenters. The van der Waals surface area contributed by atoms with Gasteiger partial charge in [0.25, 0.3) is 0 Å². The van der Waals surface area contributed by atoms with Crippen molar-refractivity contribution >= 4 is 16.8 Å². The third-order valence-electron chi connectivity index (χ3n) is 5.61. The van der Waals surface area contributed by atoms with Crippen molar-refractivity contribution in [1.29, 1.82) is 0 Å². The highest BCUT2D eigenvalue weighted by molar-refractivity contribution is 6.14. The van der Waals surface area contributed by atoms with Crippen molar-refractivity contribution in [2.45, 2.75) is 52.2 Å². The minimum absolute atomic E-state index is 0.00247. The number of benzene rings is 2. The number of hydrogen-bond donors (Lipinski definition) is 2. The van der Waals surface area contributed by atoms with Crippen molar-refractivity contribution in [3.05, 3.63) is 57.9 Å². The van der Waals surface area contributed by atoms with Crippen molar-refractivity contribution in [1.82, 2.24) is 0 Å². The monoisotopic (exact) mass is 422 g/mol. The smallest absolute Gasteiger partial charge is 0.336 e. The van der Waals surface area contributed by atoms with Gasteiger partial charge in [-0.2, -0.15) is 0 Å². The van der Waals surface area contributed by atoms with Gasteiger partial charge >= 0.3 is 5.63 Å². The molecule has 1 aliphatic rings. The average molecular weight is 422 g/mol. The fraction of sp³-hybridized carbons (Fsp3) is 0.360. The van der Waals surface area contributed by atoms with E-state index in [0.717, 1.165) is 5.56 Å². The molecule has 2 N–H and O–H groups in total. The minimum Gasteiger partial charge on any atom is -0.507 e. The predicted octanol–water partition coefficient (Wildman–Crippen LogP) is 4.47. The van der Waals surface area contributed by atoms with Gasteiger partial charge in [0.1, 0.15) is 23.2 Å². The van der Waals surface area contributed by atoms with Crippen molar-refractivity contribution in [3.63, 3.8) is 0 Å². The first-order valence-electron chi connectivity index (χ1n) is 10.4. The third-order valence-corrected chi connectivity index (χ3v) is 5.61. The van der Waals surface area contributed by atoms with Gasteiger partial charge in [0, 0.05) is 30.0 Å². The lowest BCUT2D eigenvalue weighted by Crippen LogP contribution is -2.39. The van der Waals surface area contributed by atoms with Crippen molar-refractivity contribution in [3.8, 4) is 22.6 Å². The molecule has 0 saturated heterocycles. The lowest BCUT2D eigenvalue weighted by atomic mass is 9.90. The Kier molecular flexibility index (Phi) is 5.13. The number of ketones is 1. The zero-order valence-corrected chi connectivity index (χ0v) is 18.1. The Bertz CT molecular complexity index is 1210. The highest BCUT2D eigenvalue weighted by Crippen LogP contribution is 2.49. The van der Waals surface area contributed by atoms with E-state index in [4.69, 9.17) is 9.15 Å². The fourth-order valence-electron chi connectivity index (χ4n) is 4.07. The van der Waals surface area contributed by atoms with Crippen LogP contribution in [0.4, 0.5) is 0 Å². The third kappa shape index (κ3) is 3.72. The zero-order valence-electron chi connectivity index (χ0n) is 18.1. The van der Waals surface area contributed by atoms with Gasteiger partial charge < -0.3 is 19.4 Å². The zero-order chi connectivity index (χ0) is 22.5. The SMILES string of the molecule is CC(C)CC(=O)c1c(O)c2c(c3c(-c4ccccc4)cc(=O)oc13)O[C@H](C(C)(C)O)C2. The van der Waals surface area contributed by atoms with E-state index in [2.05, 4.69) is 0 Å². The summed E-state index contributed by atoms with van der Waals surface area (Å²) in [7, 11) is 0. The van der Waals surface area contributed by atoms with E-state index in [1.807, 2.05) is 44.2 Å². The first-order chi connectivity index (χ1) is 14.6. The molecule has 0 amide bonds. The van der Waals surface area contributed by atoms with Crippen LogP contribution in [-0.4, -0.2) is 27.7 Å². The molecule has 31 heavy (non-hydrogen) atoms. The summed E-state index contributed by atoms with van der Waals surface area (Å²) in [5, 5.41) is 22.1. The average Bonchev–Trinajstić information content (AvgIpc) is 3.14. The summed E-state index contributed by atoms with van der Waals surface area (Å²) >= 11 is 0. The van der Waals surface area contributed by atoms with Crippen LogP contribution in [0.25, 0.3) is 22.1 Å².